The van der Waals surface area contributed by atoms with E-state index in [1.807, 2.05) is 0 Å². The summed E-state index contributed by atoms with van der Waals surface area (Å²) in [7, 11) is 0. The molecule has 0 amide bonds. The monoisotopic (exact) mass is 123 g/mol. The van der Waals surface area contributed by atoms with Crippen LogP contribution in [0.25, 0.3) is 0 Å². The van der Waals surface area contributed by atoms with Crippen LogP contribution in [0.1, 0.15) is 20.8 Å². The maximum absolute atomic E-state index is 8.28. The molecule has 0 radical (unpaired) electrons. The van der Waals surface area contributed by atoms with Gasteiger partial charge in [-0.1, -0.05) is 20.8 Å². The molecule has 0 bridgehead atoms. The summed E-state index contributed by atoms with van der Waals surface area (Å²) in [5.41, 5.74) is 1.45. The Morgan fingerprint density at radius 1 is 1.38 bits per heavy atom. The highest BCUT2D eigenvalue weighted by Crippen LogP contribution is 2.07. The molecule has 0 saturated heterocycles. The van der Waals surface area contributed by atoms with Gasteiger partial charge in [0.2, 0.25) is 0 Å². The van der Waals surface area contributed by atoms with Gasteiger partial charge in [-0.2, -0.15) is 0 Å². The molecule has 0 rings (SSSR count). The Labute approximate surface area is 49.2 Å². The number of quaternary nitrogens is 1. The Balaban J connectivity index is 0. The molecule has 0 aromatic carbocycles. The summed E-state index contributed by atoms with van der Waals surface area (Å²) in [6, 6.07) is 0. The lowest BCUT2D eigenvalue weighted by atomic mass is 9.98. The van der Waals surface area contributed by atoms with Crippen molar-refractivity contribution in [2.45, 2.75) is 20.8 Å². The Morgan fingerprint density at radius 2 is 1.75 bits per heavy atom. The molecule has 0 aliphatic carbocycles. The van der Waals surface area contributed by atoms with Crippen molar-refractivity contribution in [3.63, 3.8) is 0 Å². The van der Waals surface area contributed by atoms with Gasteiger partial charge in [0.25, 0.3) is 0 Å². The zero-order valence-electron chi connectivity index (χ0n) is 5.61. The molecule has 0 aromatic heterocycles. The average molecular weight is 123 g/mol. The quantitative estimate of drug-likeness (QED) is 0.358. The molecule has 0 aromatic rings. The minimum Gasteiger partial charge on any atom is -1.00 e. The SMILES string of the molecule is CC(C)(C)C[NH2+]O.[F-]. The van der Waals surface area contributed by atoms with E-state index in [1.165, 1.54) is 5.48 Å². The number of hydrogen-bond acceptors (Lipinski definition) is 1. The summed E-state index contributed by atoms with van der Waals surface area (Å²) in [5.74, 6) is 0. The van der Waals surface area contributed by atoms with Gasteiger partial charge >= 0.3 is 0 Å². The lowest BCUT2D eigenvalue weighted by Crippen LogP contribution is -3.00. The van der Waals surface area contributed by atoms with E-state index in [9.17, 15) is 0 Å². The van der Waals surface area contributed by atoms with Gasteiger partial charge in [-0.25, -0.2) is 10.7 Å². The van der Waals surface area contributed by atoms with Crippen LogP contribution in [-0.4, -0.2) is 11.8 Å². The second-order valence-electron chi connectivity index (χ2n) is 2.95. The third-order valence-electron chi connectivity index (χ3n) is 0.704. The molecule has 0 fully saturated rings. The van der Waals surface area contributed by atoms with Crippen LogP contribution in [0.4, 0.5) is 0 Å². The Morgan fingerprint density at radius 3 is 1.75 bits per heavy atom. The lowest BCUT2D eigenvalue weighted by Gasteiger charge is -2.11. The van der Waals surface area contributed by atoms with Gasteiger partial charge in [0.05, 0.1) is 0 Å². The van der Waals surface area contributed by atoms with Crippen molar-refractivity contribution in [3.8, 4) is 0 Å². The van der Waals surface area contributed by atoms with E-state index in [4.69, 9.17) is 5.21 Å². The highest BCUT2D eigenvalue weighted by molar-refractivity contribution is 4.55. The van der Waals surface area contributed by atoms with Crippen molar-refractivity contribution in [2.24, 2.45) is 5.41 Å². The molecule has 0 unspecified atom stereocenters. The molecule has 0 saturated carbocycles. The summed E-state index contributed by atoms with van der Waals surface area (Å²) < 4.78 is 0. The van der Waals surface area contributed by atoms with Crippen LogP contribution in [0.15, 0.2) is 0 Å². The number of nitrogens with two attached hydrogens (primary N) is 1. The van der Waals surface area contributed by atoms with E-state index in [0.717, 1.165) is 6.54 Å². The molecule has 2 nitrogen and oxygen atoms in total. The van der Waals surface area contributed by atoms with E-state index < -0.39 is 0 Å². The summed E-state index contributed by atoms with van der Waals surface area (Å²) in [4.78, 5) is 0. The van der Waals surface area contributed by atoms with Crippen LogP contribution in [-0.2, 0) is 0 Å². The number of hydroxylamine groups is 1. The van der Waals surface area contributed by atoms with Gasteiger partial charge in [-0.15, -0.1) is 0 Å². The first-order valence-electron chi connectivity index (χ1n) is 2.52. The van der Waals surface area contributed by atoms with Crippen molar-refractivity contribution in [1.29, 1.82) is 0 Å². The van der Waals surface area contributed by atoms with Gasteiger partial charge in [0.15, 0.2) is 0 Å². The Bertz CT molecular complexity index is 50.9. The Kier molecular flexibility index (Phi) is 5.12. The van der Waals surface area contributed by atoms with E-state index in [1.54, 1.807) is 0 Å². The van der Waals surface area contributed by atoms with Crippen LogP contribution in [0, 0.1) is 5.41 Å². The summed E-state index contributed by atoms with van der Waals surface area (Å²) in [5, 5.41) is 8.28. The zero-order chi connectivity index (χ0) is 5.91. The fourth-order valence-corrected chi connectivity index (χ4v) is 0.274. The van der Waals surface area contributed by atoms with Crippen molar-refractivity contribution < 1.29 is 15.4 Å². The fraction of sp³-hybridized carbons (Fsp3) is 1.00. The largest absolute Gasteiger partial charge is 1.00 e. The lowest BCUT2D eigenvalue weighted by molar-refractivity contribution is -0.892. The van der Waals surface area contributed by atoms with E-state index in [2.05, 4.69) is 20.8 Å². The normalized spacial score (nSPS) is 10.5. The fourth-order valence-electron chi connectivity index (χ4n) is 0.274. The second-order valence-corrected chi connectivity index (χ2v) is 2.95. The first kappa shape index (κ1) is 10.8. The average Bonchev–Trinajstić information content (AvgIpc) is 1.30. The molecular weight excluding hydrogens is 109 g/mol. The smallest absolute Gasteiger partial charge is 0.110 e. The molecule has 52 valence electrons. The van der Waals surface area contributed by atoms with Gasteiger partial charge in [0, 0.05) is 5.41 Å². The number of halogens is 1. The van der Waals surface area contributed by atoms with Crippen LogP contribution in [0.3, 0.4) is 0 Å². The highest BCUT2D eigenvalue weighted by Gasteiger charge is 2.10. The number of hydrogen-bond donors (Lipinski definition) is 2. The molecule has 0 heterocycles. The van der Waals surface area contributed by atoms with E-state index >= 15 is 0 Å². The van der Waals surface area contributed by atoms with E-state index in [-0.39, 0.29) is 10.1 Å². The summed E-state index contributed by atoms with van der Waals surface area (Å²) >= 11 is 0. The number of rotatable bonds is 1. The van der Waals surface area contributed by atoms with Crippen LogP contribution < -0.4 is 10.2 Å². The van der Waals surface area contributed by atoms with E-state index in [0.29, 0.717) is 0 Å². The van der Waals surface area contributed by atoms with Gasteiger partial charge in [-0.3, -0.25) is 0 Å². The van der Waals surface area contributed by atoms with Crippen LogP contribution in [0.5, 0.6) is 0 Å². The van der Waals surface area contributed by atoms with Crippen molar-refractivity contribution in [2.75, 3.05) is 6.54 Å². The maximum Gasteiger partial charge on any atom is 0.110 e. The molecule has 0 aliphatic rings. The first-order chi connectivity index (χ1) is 3.06. The van der Waals surface area contributed by atoms with Gasteiger partial charge in [0.1, 0.15) is 6.54 Å². The minimum absolute atomic E-state index is 0. The molecule has 0 spiro atoms. The first-order valence-corrected chi connectivity index (χ1v) is 2.52. The van der Waals surface area contributed by atoms with Gasteiger partial charge in [-0.05, 0) is 0 Å². The third-order valence-corrected chi connectivity index (χ3v) is 0.704. The maximum atomic E-state index is 8.28. The van der Waals surface area contributed by atoms with Crippen LogP contribution in [0.2, 0.25) is 0 Å². The summed E-state index contributed by atoms with van der Waals surface area (Å²) in [6.07, 6.45) is 0. The second kappa shape index (κ2) is 3.80. The molecule has 3 N–H and O–H groups in total. The molecular formula is C5H14FNO. The molecule has 0 aliphatic heterocycles. The predicted octanol–water partition coefficient (Wildman–Crippen LogP) is -3.01. The van der Waals surface area contributed by atoms with Crippen molar-refractivity contribution in [1.82, 2.24) is 0 Å². The Hall–Kier alpha value is -0.150. The predicted molar refractivity (Wildman–Crippen MR) is 28.0 cm³/mol. The topological polar surface area (TPSA) is 36.8 Å². The molecule has 8 heavy (non-hydrogen) atoms. The summed E-state index contributed by atoms with van der Waals surface area (Å²) in [6.45, 7) is 7.02. The highest BCUT2D eigenvalue weighted by atomic mass is 19.0. The van der Waals surface area contributed by atoms with Gasteiger partial charge < -0.3 is 4.70 Å². The van der Waals surface area contributed by atoms with Crippen molar-refractivity contribution >= 4 is 0 Å². The van der Waals surface area contributed by atoms with Crippen LogP contribution >= 0.6 is 0 Å². The van der Waals surface area contributed by atoms with Crippen molar-refractivity contribution in [3.05, 3.63) is 0 Å². The third kappa shape index (κ3) is 9.28. The zero-order valence-corrected chi connectivity index (χ0v) is 5.61. The minimum atomic E-state index is 0. The molecule has 0 atom stereocenters. The molecule has 3 heteroatoms. The standard InChI is InChI=1S/C5H13NO.FH/c1-5(2,3)4-6-7;/h6-7H,4H2,1-3H3;1H.